The number of rotatable bonds is 8. The predicted molar refractivity (Wildman–Crippen MR) is 154 cm³/mol. The number of nitrogens with one attached hydrogen (secondary N) is 1. The van der Waals surface area contributed by atoms with E-state index in [0.717, 1.165) is 62.8 Å². The third-order valence-corrected chi connectivity index (χ3v) is 8.56. The van der Waals surface area contributed by atoms with Gasteiger partial charge in [-0.25, -0.2) is 14.8 Å². The standard InChI is InChI=1S/C31H33F3N6O2/c1-19(21-10-7-11-21)35-26-25-27(37-28(36-26)29(41)42)38-30(39-17-6-5-12-24(39)22-8-3-2-4-9-22)40(25)18-20-13-15-23(16-14-20)31(32,33)34/h2-4,8-9,13-16,19,21,24H,5-7,10-12,17-18H2,1H3,(H,41,42)(H,35,36,37)/t19-,24+/m1/s1. The summed E-state index contributed by atoms with van der Waals surface area (Å²) in [5.74, 6) is -0.200. The first-order chi connectivity index (χ1) is 20.2. The first-order valence-electron chi connectivity index (χ1n) is 14.4. The van der Waals surface area contributed by atoms with Gasteiger partial charge in [0.2, 0.25) is 11.8 Å². The van der Waals surface area contributed by atoms with Crippen molar-refractivity contribution in [3.05, 3.63) is 77.1 Å². The van der Waals surface area contributed by atoms with Crippen LogP contribution in [0.5, 0.6) is 0 Å². The molecule has 1 aliphatic heterocycles. The molecule has 0 unspecified atom stereocenters. The monoisotopic (exact) mass is 578 g/mol. The molecule has 220 valence electrons. The van der Waals surface area contributed by atoms with E-state index in [1.165, 1.54) is 12.1 Å². The average molecular weight is 579 g/mol. The Bertz CT molecular complexity index is 1570. The Kier molecular flexibility index (Phi) is 7.51. The predicted octanol–water partition coefficient (Wildman–Crippen LogP) is 6.92. The van der Waals surface area contributed by atoms with Crippen LogP contribution >= 0.6 is 0 Å². The fraction of sp³-hybridized carbons (Fsp3) is 0.419. The summed E-state index contributed by atoms with van der Waals surface area (Å²) in [5.41, 5.74) is 1.86. The summed E-state index contributed by atoms with van der Waals surface area (Å²) >= 11 is 0. The molecule has 0 radical (unpaired) electrons. The highest BCUT2D eigenvalue weighted by atomic mass is 19.4. The van der Waals surface area contributed by atoms with Gasteiger partial charge in [0.05, 0.1) is 18.2 Å². The number of carboxylic acids is 1. The molecule has 4 aromatic rings. The van der Waals surface area contributed by atoms with Crippen LogP contribution in [0.3, 0.4) is 0 Å². The Morgan fingerprint density at radius 1 is 1.00 bits per heavy atom. The van der Waals surface area contributed by atoms with E-state index in [4.69, 9.17) is 4.98 Å². The van der Waals surface area contributed by atoms with Crippen molar-refractivity contribution in [2.24, 2.45) is 5.92 Å². The van der Waals surface area contributed by atoms with E-state index in [9.17, 15) is 23.1 Å². The molecule has 1 aliphatic carbocycles. The molecular formula is C31H33F3N6O2. The maximum Gasteiger partial charge on any atom is 0.416 e. The number of carboxylic acid groups (broad SMARTS) is 1. The van der Waals surface area contributed by atoms with E-state index >= 15 is 0 Å². The zero-order valence-corrected chi connectivity index (χ0v) is 23.3. The fourth-order valence-corrected chi connectivity index (χ4v) is 6.04. The lowest BCUT2D eigenvalue weighted by atomic mass is 9.80. The number of aromatic nitrogens is 4. The molecule has 2 N–H and O–H groups in total. The summed E-state index contributed by atoms with van der Waals surface area (Å²) in [4.78, 5) is 27.9. The summed E-state index contributed by atoms with van der Waals surface area (Å²) in [6.07, 6.45) is 1.78. The lowest BCUT2D eigenvalue weighted by molar-refractivity contribution is -0.137. The number of nitrogens with zero attached hydrogens (tertiary/aromatic N) is 5. The van der Waals surface area contributed by atoms with E-state index in [2.05, 4.69) is 39.2 Å². The summed E-state index contributed by atoms with van der Waals surface area (Å²) in [7, 11) is 0. The van der Waals surface area contributed by atoms with Crippen molar-refractivity contribution in [1.29, 1.82) is 0 Å². The van der Waals surface area contributed by atoms with Gasteiger partial charge >= 0.3 is 12.1 Å². The van der Waals surface area contributed by atoms with Gasteiger partial charge in [-0.1, -0.05) is 48.9 Å². The van der Waals surface area contributed by atoms with Crippen LogP contribution in [0.15, 0.2) is 54.6 Å². The van der Waals surface area contributed by atoms with E-state index in [1.54, 1.807) is 0 Å². The molecule has 11 heteroatoms. The molecule has 2 aromatic heterocycles. The highest BCUT2D eigenvalue weighted by molar-refractivity contribution is 5.92. The molecule has 1 saturated carbocycles. The molecular weight excluding hydrogens is 545 g/mol. The number of aromatic carboxylic acids is 1. The van der Waals surface area contributed by atoms with E-state index < -0.39 is 17.7 Å². The third-order valence-electron chi connectivity index (χ3n) is 8.56. The number of fused-ring (bicyclic) bond motifs is 1. The van der Waals surface area contributed by atoms with E-state index in [1.807, 2.05) is 22.8 Å². The largest absolute Gasteiger partial charge is 0.475 e. The maximum atomic E-state index is 13.3. The Morgan fingerprint density at radius 2 is 1.74 bits per heavy atom. The third kappa shape index (κ3) is 5.52. The van der Waals surface area contributed by atoms with Crippen LogP contribution in [0.25, 0.3) is 11.2 Å². The van der Waals surface area contributed by atoms with Crippen LogP contribution in [0.1, 0.15) is 78.8 Å². The Hall–Kier alpha value is -4.15. The summed E-state index contributed by atoms with van der Waals surface area (Å²) in [6, 6.07) is 15.3. The van der Waals surface area contributed by atoms with Gasteiger partial charge in [0.25, 0.3) is 0 Å². The van der Waals surface area contributed by atoms with Gasteiger partial charge in [-0.05, 0) is 68.2 Å². The topological polar surface area (TPSA) is 96.2 Å². The lowest BCUT2D eigenvalue weighted by Gasteiger charge is -2.37. The maximum absolute atomic E-state index is 13.3. The van der Waals surface area contributed by atoms with Crippen LogP contribution in [0.4, 0.5) is 24.9 Å². The van der Waals surface area contributed by atoms with Crippen LogP contribution < -0.4 is 10.2 Å². The lowest BCUT2D eigenvalue weighted by Crippen LogP contribution is -2.35. The fourth-order valence-electron chi connectivity index (χ4n) is 6.04. The Balaban J connectivity index is 1.51. The molecule has 0 bridgehead atoms. The number of alkyl halides is 3. The van der Waals surface area contributed by atoms with Crippen molar-refractivity contribution in [3.63, 3.8) is 0 Å². The van der Waals surface area contributed by atoms with Crippen LogP contribution in [-0.2, 0) is 12.7 Å². The molecule has 0 spiro atoms. The van der Waals surface area contributed by atoms with Gasteiger partial charge in [0.15, 0.2) is 11.5 Å². The molecule has 6 rings (SSSR count). The number of halogens is 3. The van der Waals surface area contributed by atoms with Gasteiger partial charge in [-0.3, -0.25) is 0 Å². The molecule has 2 aliphatic rings. The first kappa shape index (κ1) is 28.0. The minimum absolute atomic E-state index is 0.0281. The van der Waals surface area contributed by atoms with Crippen molar-refractivity contribution < 1.29 is 23.1 Å². The second kappa shape index (κ2) is 11.3. The smallest absolute Gasteiger partial charge is 0.416 e. The van der Waals surface area contributed by atoms with E-state index in [-0.39, 0.29) is 30.1 Å². The molecule has 0 amide bonds. The second-order valence-corrected chi connectivity index (χ2v) is 11.3. The Morgan fingerprint density at radius 3 is 2.38 bits per heavy atom. The number of benzene rings is 2. The minimum atomic E-state index is -4.43. The van der Waals surface area contributed by atoms with Crippen molar-refractivity contribution in [2.45, 2.75) is 70.3 Å². The summed E-state index contributed by atoms with van der Waals surface area (Å²) < 4.78 is 41.8. The van der Waals surface area contributed by atoms with Gasteiger partial charge in [0, 0.05) is 12.6 Å². The quantitative estimate of drug-likeness (QED) is 0.234. The summed E-state index contributed by atoms with van der Waals surface area (Å²) in [5, 5.41) is 13.3. The molecule has 42 heavy (non-hydrogen) atoms. The number of imidazole rings is 1. The van der Waals surface area contributed by atoms with Gasteiger partial charge in [-0.15, -0.1) is 0 Å². The number of hydrogen-bond donors (Lipinski definition) is 2. The highest BCUT2D eigenvalue weighted by Gasteiger charge is 2.33. The van der Waals surface area contributed by atoms with Gasteiger partial charge < -0.3 is 19.9 Å². The first-order valence-corrected chi connectivity index (χ1v) is 14.4. The van der Waals surface area contributed by atoms with Crippen LogP contribution in [0, 0.1) is 5.92 Å². The molecule has 1 saturated heterocycles. The van der Waals surface area contributed by atoms with Crippen LogP contribution in [-0.4, -0.2) is 43.2 Å². The van der Waals surface area contributed by atoms with Crippen LogP contribution in [0.2, 0.25) is 0 Å². The second-order valence-electron chi connectivity index (χ2n) is 11.3. The molecule has 2 atom stereocenters. The zero-order chi connectivity index (χ0) is 29.4. The SMILES string of the molecule is C[C@@H](Nc1nc(C(=O)O)nc2nc(N3CCCC[C@H]3c3ccccc3)n(Cc3ccc(C(F)(F)F)cc3)c12)C1CCC1. The van der Waals surface area contributed by atoms with Crippen molar-refractivity contribution >= 4 is 28.9 Å². The normalized spacial score (nSPS) is 18.6. The molecule has 3 heterocycles. The molecule has 2 aromatic carbocycles. The van der Waals surface area contributed by atoms with Crippen molar-refractivity contribution in [1.82, 2.24) is 19.5 Å². The molecule has 8 nitrogen and oxygen atoms in total. The Labute approximate surface area is 241 Å². The van der Waals surface area contributed by atoms with Gasteiger partial charge in [-0.2, -0.15) is 18.2 Å². The minimum Gasteiger partial charge on any atom is -0.475 e. The van der Waals surface area contributed by atoms with Gasteiger partial charge in [0.1, 0.15) is 5.52 Å². The number of piperidine rings is 1. The average Bonchev–Trinajstić information content (AvgIpc) is 3.30. The van der Waals surface area contributed by atoms with Crippen molar-refractivity contribution in [2.75, 3.05) is 16.8 Å². The van der Waals surface area contributed by atoms with Crippen molar-refractivity contribution in [3.8, 4) is 0 Å². The summed E-state index contributed by atoms with van der Waals surface area (Å²) in [6.45, 7) is 2.99. The number of anilines is 2. The zero-order valence-electron chi connectivity index (χ0n) is 23.3. The molecule has 2 fully saturated rings. The number of hydrogen-bond acceptors (Lipinski definition) is 6. The number of carbonyl (C=O) groups is 1. The van der Waals surface area contributed by atoms with E-state index in [0.29, 0.717) is 28.8 Å². The highest BCUT2D eigenvalue weighted by Crippen LogP contribution is 2.39.